The van der Waals surface area contributed by atoms with Crippen LogP contribution in [0, 0.1) is 0 Å². The molecule has 0 bridgehead atoms. The van der Waals surface area contributed by atoms with Gasteiger partial charge in [-0.15, -0.1) is 0 Å². The van der Waals surface area contributed by atoms with E-state index in [1.165, 1.54) is 22.3 Å². The quantitative estimate of drug-likeness (QED) is 0.398. The van der Waals surface area contributed by atoms with Gasteiger partial charge in [0, 0.05) is 25.3 Å². The van der Waals surface area contributed by atoms with Crippen molar-refractivity contribution in [2.45, 2.75) is 62.8 Å². The monoisotopic (exact) mass is 464 g/mol. The number of alkyl carbamates (subject to hydrolysis) is 1. The van der Waals surface area contributed by atoms with Crippen LogP contribution >= 0.6 is 0 Å². The van der Waals surface area contributed by atoms with Gasteiger partial charge in [0.1, 0.15) is 6.61 Å². The number of carboxylic acid groups (broad SMARTS) is 1. The van der Waals surface area contributed by atoms with Crippen LogP contribution in [0.1, 0.15) is 68.4 Å². The third-order valence-electron chi connectivity index (χ3n) is 6.70. The summed E-state index contributed by atoms with van der Waals surface area (Å²) in [6.45, 7) is 0.816. The molecule has 0 atom stereocenters. The highest BCUT2D eigenvalue weighted by molar-refractivity contribution is 5.80. The lowest BCUT2D eigenvalue weighted by molar-refractivity contribution is -0.137. The van der Waals surface area contributed by atoms with Crippen LogP contribution in [0.3, 0.4) is 0 Å². The summed E-state index contributed by atoms with van der Waals surface area (Å²) >= 11 is 0. The van der Waals surface area contributed by atoms with E-state index in [4.69, 9.17) is 9.84 Å². The topological polar surface area (TPSA) is 105 Å². The highest BCUT2D eigenvalue weighted by atomic mass is 16.5. The highest BCUT2D eigenvalue weighted by Crippen LogP contribution is 2.44. The second kappa shape index (κ2) is 10.7. The molecule has 2 aromatic carbocycles. The predicted octanol–water partition coefficient (Wildman–Crippen LogP) is 4.60. The second-order valence-corrected chi connectivity index (χ2v) is 9.32. The van der Waals surface area contributed by atoms with Crippen molar-refractivity contribution >= 4 is 18.0 Å². The van der Waals surface area contributed by atoms with Gasteiger partial charge in [0.25, 0.3) is 0 Å². The first kappa shape index (κ1) is 23.8. The van der Waals surface area contributed by atoms with E-state index in [1.807, 2.05) is 24.3 Å². The Morgan fingerprint density at radius 2 is 1.53 bits per heavy atom. The fourth-order valence-electron chi connectivity index (χ4n) is 4.70. The number of hydrogen-bond donors (Lipinski definition) is 3. The van der Waals surface area contributed by atoms with E-state index in [1.54, 1.807) is 0 Å². The molecular formula is C27H32N2O5. The van der Waals surface area contributed by atoms with Gasteiger partial charge < -0.3 is 20.5 Å². The Labute approximate surface area is 199 Å². The molecule has 7 nitrogen and oxygen atoms in total. The third-order valence-corrected chi connectivity index (χ3v) is 6.70. The Hall–Kier alpha value is -3.35. The number of amides is 2. The van der Waals surface area contributed by atoms with Crippen molar-refractivity contribution in [3.8, 4) is 11.1 Å². The molecule has 7 heteroatoms. The maximum absolute atomic E-state index is 12.6. The minimum absolute atomic E-state index is 0.00657. The number of ether oxygens (including phenoxy) is 1. The molecule has 0 unspecified atom stereocenters. The molecule has 2 aliphatic rings. The maximum Gasteiger partial charge on any atom is 0.407 e. The zero-order valence-corrected chi connectivity index (χ0v) is 19.3. The van der Waals surface area contributed by atoms with E-state index in [-0.39, 0.29) is 31.3 Å². The normalized spacial score (nSPS) is 15.2. The lowest BCUT2D eigenvalue weighted by Crippen LogP contribution is -2.41. The van der Waals surface area contributed by atoms with Crippen LogP contribution in [0.4, 0.5) is 4.79 Å². The van der Waals surface area contributed by atoms with Crippen molar-refractivity contribution in [3.63, 3.8) is 0 Å². The van der Waals surface area contributed by atoms with Crippen LogP contribution in [-0.4, -0.2) is 41.8 Å². The van der Waals surface area contributed by atoms with Crippen molar-refractivity contribution in [2.24, 2.45) is 0 Å². The number of hydrogen-bond acceptors (Lipinski definition) is 4. The van der Waals surface area contributed by atoms with Crippen LogP contribution in [0.2, 0.25) is 0 Å². The number of aliphatic carboxylic acids is 1. The number of benzene rings is 2. The Balaban J connectivity index is 1.20. The summed E-state index contributed by atoms with van der Waals surface area (Å²) in [5.74, 6) is -0.846. The van der Waals surface area contributed by atoms with Crippen molar-refractivity contribution in [3.05, 3.63) is 59.7 Å². The highest BCUT2D eigenvalue weighted by Gasteiger charge is 2.46. The predicted molar refractivity (Wildman–Crippen MR) is 129 cm³/mol. The van der Waals surface area contributed by atoms with Crippen LogP contribution in [0.25, 0.3) is 11.1 Å². The molecule has 1 saturated carbocycles. The number of nitrogens with one attached hydrogen (secondary N) is 2. The molecular weight excluding hydrogens is 432 g/mol. The third kappa shape index (κ3) is 5.95. The number of carboxylic acids is 1. The summed E-state index contributed by atoms with van der Waals surface area (Å²) in [5, 5.41) is 14.5. The van der Waals surface area contributed by atoms with Gasteiger partial charge in [-0.2, -0.15) is 0 Å². The molecule has 0 heterocycles. The van der Waals surface area contributed by atoms with Gasteiger partial charge in [-0.05, 0) is 47.9 Å². The van der Waals surface area contributed by atoms with E-state index in [2.05, 4.69) is 34.9 Å². The summed E-state index contributed by atoms with van der Waals surface area (Å²) in [6, 6.07) is 16.4. The standard InChI is InChI=1S/C27H32N2O5/c30-24(28-16-8-2-1-3-13-25(31)32)17-27(14-15-27)29-26(33)34-18-23-21-11-6-4-9-19(21)20-10-5-7-12-22(20)23/h4-7,9-12,23H,1-3,8,13-18H2,(H,28,30)(H,29,33)(H,31,32). The Morgan fingerprint density at radius 3 is 2.15 bits per heavy atom. The first-order chi connectivity index (χ1) is 16.5. The molecule has 2 amide bonds. The van der Waals surface area contributed by atoms with Gasteiger partial charge in [0.2, 0.25) is 5.91 Å². The average molecular weight is 465 g/mol. The minimum Gasteiger partial charge on any atom is -0.481 e. The van der Waals surface area contributed by atoms with Crippen molar-refractivity contribution in [1.82, 2.24) is 10.6 Å². The fraction of sp³-hybridized carbons (Fsp3) is 0.444. The van der Waals surface area contributed by atoms with Crippen molar-refractivity contribution in [1.29, 1.82) is 0 Å². The van der Waals surface area contributed by atoms with Crippen LogP contribution in [-0.2, 0) is 14.3 Å². The van der Waals surface area contributed by atoms with Gasteiger partial charge in [-0.25, -0.2) is 4.79 Å². The van der Waals surface area contributed by atoms with Crippen LogP contribution in [0.15, 0.2) is 48.5 Å². The zero-order valence-electron chi connectivity index (χ0n) is 19.3. The molecule has 0 aromatic heterocycles. The van der Waals surface area contributed by atoms with Gasteiger partial charge in [0.05, 0.1) is 5.54 Å². The zero-order chi connectivity index (χ0) is 24.0. The van der Waals surface area contributed by atoms with E-state index >= 15 is 0 Å². The molecule has 2 aromatic rings. The lowest BCUT2D eigenvalue weighted by atomic mass is 9.98. The first-order valence-electron chi connectivity index (χ1n) is 12.1. The molecule has 0 radical (unpaired) electrons. The average Bonchev–Trinajstić information content (AvgIpc) is 3.48. The molecule has 1 fully saturated rings. The lowest BCUT2D eigenvalue weighted by Gasteiger charge is -2.19. The number of fused-ring (bicyclic) bond motifs is 3. The Bertz CT molecular complexity index is 1000. The molecule has 34 heavy (non-hydrogen) atoms. The molecule has 0 aliphatic heterocycles. The number of rotatable bonds is 12. The number of carbonyl (C=O) groups is 3. The minimum atomic E-state index is -0.771. The number of unbranched alkanes of at least 4 members (excludes halogenated alkanes) is 3. The summed E-state index contributed by atoms with van der Waals surface area (Å²) in [7, 11) is 0. The maximum atomic E-state index is 12.6. The molecule has 180 valence electrons. The van der Waals surface area contributed by atoms with E-state index in [9.17, 15) is 14.4 Å². The Morgan fingerprint density at radius 1 is 0.912 bits per heavy atom. The largest absolute Gasteiger partial charge is 0.481 e. The molecule has 2 aliphatic carbocycles. The van der Waals surface area contributed by atoms with E-state index in [0.717, 1.165) is 32.1 Å². The van der Waals surface area contributed by atoms with Gasteiger partial charge in [-0.1, -0.05) is 61.4 Å². The van der Waals surface area contributed by atoms with E-state index < -0.39 is 17.6 Å². The van der Waals surface area contributed by atoms with Gasteiger partial charge in [-0.3, -0.25) is 9.59 Å². The van der Waals surface area contributed by atoms with Crippen LogP contribution < -0.4 is 10.6 Å². The van der Waals surface area contributed by atoms with Crippen molar-refractivity contribution in [2.75, 3.05) is 13.2 Å². The summed E-state index contributed by atoms with van der Waals surface area (Å²) < 4.78 is 5.63. The van der Waals surface area contributed by atoms with Crippen molar-refractivity contribution < 1.29 is 24.2 Å². The molecule has 3 N–H and O–H groups in total. The molecule has 0 spiro atoms. The first-order valence-corrected chi connectivity index (χ1v) is 12.1. The van der Waals surface area contributed by atoms with Crippen LogP contribution in [0.5, 0.6) is 0 Å². The summed E-state index contributed by atoms with van der Waals surface area (Å²) in [6.07, 6.45) is 4.69. The van der Waals surface area contributed by atoms with Gasteiger partial charge >= 0.3 is 12.1 Å². The van der Waals surface area contributed by atoms with E-state index in [0.29, 0.717) is 13.0 Å². The molecule has 0 saturated heterocycles. The van der Waals surface area contributed by atoms with Gasteiger partial charge in [0.15, 0.2) is 0 Å². The smallest absolute Gasteiger partial charge is 0.407 e. The fourth-order valence-corrected chi connectivity index (χ4v) is 4.70. The number of carbonyl (C=O) groups excluding carboxylic acids is 2. The summed E-state index contributed by atoms with van der Waals surface area (Å²) in [5.41, 5.74) is 4.20. The Kier molecular flexibility index (Phi) is 7.50. The molecule has 4 rings (SSSR count). The second-order valence-electron chi connectivity index (χ2n) is 9.32. The SMILES string of the molecule is O=C(O)CCCCCCNC(=O)CC1(NC(=O)OCC2c3ccccc3-c3ccccc32)CC1. The summed E-state index contributed by atoms with van der Waals surface area (Å²) in [4.78, 5) is 35.4.